The Balaban J connectivity index is 2.40. The molecular formula is C10H9N3O3. The number of nitrogens with one attached hydrogen (secondary N) is 2. The zero-order valence-electron chi connectivity index (χ0n) is 8.24. The van der Waals surface area contributed by atoms with Crippen molar-refractivity contribution < 1.29 is 14.4 Å². The highest BCUT2D eigenvalue weighted by Crippen LogP contribution is 2.17. The average Bonchev–Trinajstić information content (AvgIpc) is 2.55. The second-order valence-corrected chi connectivity index (χ2v) is 3.25. The number of hydrogen-bond donors (Lipinski definition) is 3. The van der Waals surface area contributed by atoms with Gasteiger partial charge in [-0.2, -0.15) is 0 Å². The summed E-state index contributed by atoms with van der Waals surface area (Å²) in [5.74, 6) is -1.30. The van der Waals surface area contributed by atoms with Gasteiger partial charge in [-0.25, -0.2) is 0 Å². The first-order chi connectivity index (χ1) is 7.63. The fraction of sp³-hybridized carbons (Fsp3) is 0.100. The number of nitrogens with two attached hydrogens (primary N) is 1. The Morgan fingerprint density at radius 2 is 1.94 bits per heavy atom. The monoisotopic (exact) mass is 219 g/mol. The van der Waals surface area contributed by atoms with E-state index in [2.05, 4.69) is 10.6 Å². The summed E-state index contributed by atoms with van der Waals surface area (Å²) < 4.78 is 0. The Morgan fingerprint density at radius 1 is 1.25 bits per heavy atom. The van der Waals surface area contributed by atoms with Crippen molar-refractivity contribution in [1.29, 1.82) is 0 Å². The van der Waals surface area contributed by atoms with E-state index in [1.165, 1.54) is 18.2 Å². The Morgan fingerprint density at radius 3 is 2.62 bits per heavy atom. The standard InChI is InChI=1S/C10H9N3O3/c11-4-12-8(14)5-1-2-6-7(3-5)10(16)13-9(6)15/h1-3H,4,11H2,(H,12,14)(H,13,15,16). The predicted molar refractivity (Wildman–Crippen MR) is 54.8 cm³/mol. The number of amides is 3. The maximum Gasteiger partial charge on any atom is 0.258 e. The molecule has 0 bridgehead atoms. The summed E-state index contributed by atoms with van der Waals surface area (Å²) in [5.41, 5.74) is 5.97. The Labute approximate surface area is 90.8 Å². The highest BCUT2D eigenvalue weighted by atomic mass is 16.2. The second kappa shape index (κ2) is 3.74. The number of benzene rings is 1. The van der Waals surface area contributed by atoms with Crippen molar-refractivity contribution in [3.8, 4) is 0 Å². The molecule has 16 heavy (non-hydrogen) atoms. The number of carbonyl (C=O) groups excluding carboxylic acids is 3. The molecule has 4 N–H and O–H groups in total. The Hall–Kier alpha value is -2.21. The fourth-order valence-corrected chi connectivity index (χ4v) is 1.50. The average molecular weight is 219 g/mol. The van der Waals surface area contributed by atoms with E-state index in [0.29, 0.717) is 5.56 Å². The predicted octanol–water partition coefficient (Wildman–Crippen LogP) is -0.784. The lowest BCUT2D eigenvalue weighted by atomic mass is 10.1. The molecule has 6 nitrogen and oxygen atoms in total. The third kappa shape index (κ3) is 1.55. The first-order valence-electron chi connectivity index (χ1n) is 4.61. The largest absolute Gasteiger partial charge is 0.340 e. The fourth-order valence-electron chi connectivity index (χ4n) is 1.50. The van der Waals surface area contributed by atoms with E-state index in [0.717, 1.165) is 0 Å². The topological polar surface area (TPSA) is 101 Å². The second-order valence-electron chi connectivity index (χ2n) is 3.25. The molecule has 1 aliphatic heterocycles. The molecule has 82 valence electrons. The van der Waals surface area contributed by atoms with Gasteiger partial charge in [-0.1, -0.05) is 0 Å². The molecule has 0 saturated carbocycles. The van der Waals surface area contributed by atoms with Gasteiger partial charge in [0.15, 0.2) is 0 Å². The van der Waals surface area contributed by atoms with E-state index in [1.807, 2.05) is 0 Å². The molecule has 3 amide bonds. The van der Waals surface area contributed by atoms with E-state index in [1.54, 1.807) is 0 Å². The van der Waals surface area contributed by atoms with Crippen molar-refractivity contribution in [3.63, 3.8) is 0 Å². The molecule has 0 fully saturated rings. The van der Waals surface area contributed by atoms with Crippen molar-refractivity contribution in [2.75, 3.05) is 6.67 Å². The van der Waals surface area contributed by atoms with Crippen LogP contribution in [0.5, 0.6) is 0 Å². The van der Waals surface area contributed by atoms with Gasteiger partial charge in [-0.3, -0.25) is 19.7 Å². The van der Waals surface area contributed by atoms with Crippen molar-refractivity contribution in [2.24, 2.45) is 5.73 Å². The summed E-state index contributed by atoms with van der Waals surface area (Å²) >= 11 is 0. The third-order valence-corrected chi connectivity index (χ3v) is 2.26. The Bertz CT molecular complexity index is 496. The molecule has 0 saturated heterocycles. The quantitative estimate of drug-likeness (QED) is 0.448. The van der Waals surface area contributed by atoms with Crippen molar-refractivity contribution >= 4 is 17.7 Å². The van der Waals surface area contributed by atoms with E-state index >= 15 is 0 Å². The molecule has 0 spiro atoms. The van der Waals surface area contributed by atoms with Gasteiger partial charge in [-0.15, -0.1) is 0 Å². The Kier molecular flexibility index (Phi) is 2.41. The van der Waals surface area contributed by atoms with Crippen LogP contribution in [0.2, 0.25) is 0 Å². The lowest BCUT2D eigenvalue weighted by molar-refractivity contribution is 0.0878. The van der Waals surface area contributed by atoms with Crippen LogP contribution in [-0.2, 0) is 0 Å². The minimum Gasteiger partial charge on any atom is -0.340 e. The highest BCUT2D eigenvalue weighted by molar-refractivity contribution is 6.22. The van der Waals surface area contributed by atoms with Gasteiger partial charge in [0, 0.05) is 5.56 Å². The van der Waals surface area contributed by atoms with Crippen LogP contribution in [0.25, 0.3) is 0 Å². The highest BCUT2D eigenvalue weighted by Gasteiger charge is 2.27. The number of rotatable bonds is 2. The first-order valence-corrected chi connectivity index (χ1v) is 4.61. The number of fused-ring (bicyclic) bond motifs is 1. The minimum atomic E-state index is -0.484. The maximum atomic E-state index is 11.4. The number of imide groups is 1. The van der Waals surface area contributed by atoms with Gasteiger partial charge in [-0.05, 0) is 18.2 Å². The van der Waals surface area contributed by atoms with Crippen LogP contribution in [0.15, 0.2) is 18.2 Å². The number of hydrogen-bond acceptors (Lipinski definition) is 4. The molecule has 0 radical (unpaired) electrons. The van der Waals surface area contributed by atoms with E-state index in [4.69, 9.17) is 5.73 Å². The van der Waals surface area contributed by atoms with Crippen LogP contribution < -0.4 is 16.4 Å². The number of carbonyl (C=O) groups is 3. The molecule has 0 atom stereocenters. The lowest BCUT2D eigenvalue weighted by Gasteiger charge is -2.02. The lowest BCUT2D eigenvalue weighted by Crippen LogP contribution is -2.29. The van der Waals surface area contributed by atoms with Crippen LogP contribution >= 0.6 is 0 Å². The van der Waals surface area contributed by atoms with Gasteiger partial charge >= 0.3 is 0 Å². The van der Waals surface area contributed by atoms with Crippen LogP contribution in [0, 0.1) is 0 Å². The van der Waals surface area contributed by atoms with Crippen molar-refractivity contribution in [2.45, 2.75) is 0 Å². The van der Waals surface area contributed by atoms with Gasteiger partial charge in [0.1, 0.15) is 0 Å². The van der Waals surface area contributed by atoms with Crippen LogP contribution in [0.1, 0.15) is 31.1 Å². The molecule has 1 heterocycles. The van der Waals surface area contributed by atoms with E-state index in [-0.39, 0.29) is 23.7 Å². The van der Waals surface area contributed by atoms with Gasteiger partial charge in [0.2, 0.25) is 0 Å². The van der Waals surface area contributed by atoms with E-state index in [9.17, 15) is 14.4 Å². The van der Waals surface area contributed by atoms with Crippen LogP contribution in [0.4, 0.5) is 0 Å². The zero-order chi connectivity index (χ0) is 11.7. The van der Waals surface area contributed by atoms with E-state index < -0.39 is 11.8 Å². The van der Waals surface area contributed by atoms with Gasteiger partial charge < -0.3 is 11.1 Å². The summed E-state index contributed by atoms with van der Waals surface area (Å²) in [7, 11) is 0. The van der Waals surface area contributed by atoms with Crippen molar-refractivity contribution in [1.82, 2.24) is 10.6 Å². The van der Waals surface area contributed by atoms with Crippen molar-refractivity contribution in [3.05, 3.63) is 34.9 Å². The minimum absolute atomic E-state index is 0.0149. The van der Waals surface area contributed by atoms with Crippen LogP contribution in [0.3, 0.4) is 0 Å². The van der Waals surface area contributed by atoms with Gasteiger partial charge in [0.25, 0.3) is 17.7 Å². The van der Waals surface area contributed by atoms with Crippen LogP contribution in [-0.4, -0.2) is 24.4 Å². The zero-order valence-corrected chi connectivity index (χ0v) is 8.24. The smallest absolute Gasteiger partial charge is 0.258 e. The molecule has 1 aliphatic rings. The molecule has 1 aromatic carbocycles. The van der Waals surface area contributed by atoms with Gasteiger partial charge in [0.05, 0.1) is 17.8 Å². The molecule has 1 aromatic rings. The summed E-state index contributed by atoms with van der Waals surface area (Å²) in [4.78, 5) is 34.0. The molecular weight excluding hydrogens is 210 g/mol. The normalized spacial score (nSPS) is 13.3. The molecule has 0 unspecified atom stereocenters. The first kappa shape index (κ1) is 10.3. The summed E-state index contributed by atoms with van der Waals surface area (Å²) in [6.45, 7) is 0.0149. The summed E-state index contributed by atoms with van der Waals surface area (Å²) in [5, 5.41) is 4.55. The SMILES string of the molecule is NCNC(=O)c1ccc2c(c1)C(=O)NC2=O. The molecule has 6 heteroatoms. The summed E-state index contributed by atoms with van der Waals surface area (Å²) in [6, 6.07) is 4.30. The molecule has 0 aromatic heterocycles. The molecule has 2 rings (SSSR count). The molecule has 0 aliphatic carbocycles. The summed E-state index contributed by atoms with van der Waals surface area (Å²) in [6.07, 6.45) is 0. The third-order valence-electron chi connectivity index (χ3n) is 2.26. The maximum absolute atomic E-state index is 11.4.